The fourth-order valence-corrected chi connectivity index (χ4v) is 4.02. The molecule has 0 unspecified atom stereocenters. The number of hydrogen-bond donors (Lipinski definition) is 2. The Kier molecular flexibility index (Phi) is 4.60. The Morgan fingerprint density at radius 1 is 1.03 bits per heavy atom. The summed E-state index contributed by atoms with van der Waals surface area (Å²) in [6.45, 7) is 9.13. The fourth-order valence-electron chi connectivity index (χ4n) is 4.02. The van der Waals surface area contributed by atoms with Crippen molar-refractivity contribution in [1.29, 1.82) is 0 Å². The molecule has 0 amide bonds. The van der Waals surface area contributed by atoms with Gasteiger partial charge in [0.2, 0.25) is 5.95 Å². The Balaban J connectivity index is 1.42. The first-order valence-electron chi connectivity index (χ1n) is 10.2. The summed E-state index contributed by atoms with van der Waals surface area (Å²) in [5.74, 6) is 1.67. The zero-order valence-electron chi connectivity index (χ0n) is 16.8. The lowest BCUT2D eigenvalue weighted by atomic mass is 9.96. The van der Waals surface area contributed by atoms with Crippen LogP contribution in [0, 0.1) is 5.92 Å². The zero-order chi connectivity index (χ0) is 19.8. The van der Waals surface area contributed by atoms with Crippen LogP contribution in [0.3, 0.4) is 0 Å². The molecule has 1 fully saturated rings. The Hall–Kier alpha value is -3.06. The molecule has 0 saturated carbocycles. The molecule has 1 saturated heterocycles. The third-order valence-electron chi connectivity index (χ3n) is 5.53. The van der Waals surface area contributed by atoms with E-state index < -0.39 is 0 Å². The SMILES string of the molecule is CC(C)C1=NCc2ccc3cnc(Nc4ccc(N5CCNCC5)cn4)nc3c21. The van der Waals surface area contributed by atoms with Crippen molar-refractivity contribution in [3.63, 3.8) is 0 Å². The summed E-state index contributed by atoms with van der Waals surface area (Å²) >= 11 is 0. The Morgan fingerprint density at radius 3 is 2.66 bits per heavy atom. The highest BCUT2D eigenvalue weighted by atomic mass is 15.2. The van der Waals surface area contributed by atoms with Crippen LogP contribution in [0.15, 0.2) is 41.7 Å². The van der Waals surface area contributed by atoms with E-state index in [2.05, 4.69) is 57.5 Å². The highest BCUT2D eigenvalue weighted by Gasteiger charge is 2.22. The maximum atomic E-state index is 4.83. The van der Waals surface area contributed by atoms with Crippen molar-refractivity contribution in [3.05, 3.63) is 47.8 Å². The van der Waals surface area contributed by atoms with Gasteiger partial charge in [0, 0.05) is 49.0 Å². The number of fused-ring (bicyclic) bond motifs is 3. The molecule has 4 heterocycles. The number of nitrogens with one attached hydrogen (secondary N) is 2. The lowest BCUT2D eigenvalue weighted by Crippen LogP contribution is -2.43. The smallest absolute Gasteiger partial charge is 0.228 e. The lowest BCUT2D eigenvalue weighted by Gasteiger charge is -2.29. The second-order valence-electron chi connectivity index (χ2n) is 7.85. The first kappa shape index (κ1) is 18.0. The zero-order valence-corrected chi connectivity index (χ0v) is 16.8. The van der Waals surface area contributed by atoms with Gasteiger partial charge in [-0.05, 0) is 23.6 Å². The summed E-state index contributed by atoms with van der Waals surface area (Å²) in [6, 6.07) is 8.31. The monoisotopic (exact) mass is 387 g/mol. The molecule has 2 aromatic heterocycles. The fraction of sp³-hybridized carbons (Fsp3) is 0.364. The molecule has 148 valence electrons. The molecule has 1 aromatic carbocycles. The van der Waals surface area contributed by atoms with Crippen LogP contribution in [-0.2, 0) is 6.54 Å². The Labute approximate surface area is 170 Å². The molecule has 29 heavy (non-hydrogen) atoms. The van der Waals surface area contributed by atoms with Crippen LogP contribution in [0.2, 0.25) is 0 Å². The summed E-state index contributed by atoms with van der Waals surface area (Å²) in [5, 5.41) is 7.66. The van der Waals surface area contributed by atoms with Crippen molar-refractivity contribution >= 4 is 34.1 Å². The molecule has 0 radical (unpaired) electrons. The van der Waals surface area contributed by atoms with Gasteiger partial charge >= 0.3 is 0 Å². The number of hydrogen-bond acceptors (Lipinski definition) is 7. The van der Waals surface area contributed by atoms with E-state index >= 15 is 0 Å². The van der Waals surface area contributed by atoms with Crippen LogP contribution in [0.5, 0.6) is 0 Å². The van der Waals surface area contributed by atoms with Gasteiger partial charge in [-0.2, -0.15) is 0 Å². The average molecular weight is 387 g/mol. The number of pyridine rings is 1. The third-order valence-corrected chi connectivity index (χ3v) is 5.53. The number of benzene rings is 1. The van der Waals surface area contributed by atoms with Gasteiger partial charge in [0.15, 0.2) is 0 Å². The Morgan fingerprint density at radius 2 is 1.90 bits per heavy atom. The lowest BCUT2D eigenvalue weighted by molar-refractivity contribution is 0.589. The quantitative estimate of drug-likeness (QED) is 0.716. The number of piperazine rings is 1. The molecule has 0 aliphatic carbocycles. The average Bonchev–Trinajstić information content (AvgIpc) is 3.20. The molecule has 5 rings (SSSR count). The van der Waals surface area contributed by atoms with Gasteiger partial charge in [0.05, 0.1) is 23.9 Å². The van der Waals surface area contributed by atoms with Gasteiger partial charge < -0.3 is 15.5 Å². The standard InChI is InChI=1S/C22H25N7/c1-14(2)20-19-15(11-25-20)3-4-16-12-26-22(28-21(16)19)27-18-6-5-17(13-24-18)29-9-7-23-8-10-29/h3-6,12-14,23H,7-11H2,1-2H3,(H,24,26,27,28). The first-order chi connectivity index (χ1) is 14.2. The molecular formula is C22H25N7. The highest BCUT2D eigenvalue weighted by molar-refractivity contribution is 6.13. The van der Waals surface area contributed by atoms with Gasteiger partial charge in [-0.1, -0.05) is 26.0 Å². The number of anilines is 3. The van der Waals surface area contributed by atoms with Crippen molar-refractivity contribution < 1.29 is 0 Å². The van der Waals surface area contributed by atoms with Crippen LogP contribution >= 0.6 is 0 Å². The van der Waals surface area contributed by atoms with Crippen LogP contribution in [0.4, 0.5) is 17.5 Å². The second kappa shape index (κ2) is 7.40. The van der Waals surface area contributed by atoms with Gasteiger partial charge in [-0.3, -0.25) is 4.99 Å². The molecule has 7 heteroatoms. The molecule has 2 N–H and O–H groups in total. The molecule has 2 aliphatic rings. The van der Waals surface area contributed by atoms with Crippen molar-refractivity contribution in [3.8, 4) is 0 Å². The Bertz CT molecular complexity index is 1070. The molecule has 0 bridgehead atoms. The van der Waals surface area contributed by atoms with Gasteiger partial charge in [0.1, 0.15) is 5.82 Å². The summed E-state index contributed by atoms with van der Waals surface area (Å²) in [4.78, 5) is 21.0. The van der Waals surface area contributed by atoms with E-state index in [0.717, 1.165) is 60.8 Å². The normalized spacial score (nSPS) is 16.2. The van der Waals surface area contributed by atoms with Crippen molar-refractivity contribution in [2.45, 2.75) is 20.4 Å². The molecule has 2 aliphatic heterocycles. The molecular weight excluding hydrogens is 362 g/mol. The number of aromatic nitrogens is 3. The minimum Gasteiger partial charge on any atom is -0.368 e. The molecule has 0 spiro atoms. The van der Waals surface area contributed by atoms with E-state index in [1.165, 1.54) is 11.1 Å². The van der Waals surface area contributed by atoms with Gasteiger partial charge in [-0.25, -0.2) is 15.0 Å². The first-order valence-corrected chi connectivity index (χ1v) is 10.2. The van der Waals surface area contributed by atoms with Crippen molar-refractivity contribution in [1.82, 2.24) is 20.3 Å². The van der Waals surface area contributed by atoms with Crippen LogP contribution in [0.1, 0.15) is 25.0 Å². The van der Waals surface area contributed by atoms with Crippen molar-refractivity contribution in [2.24, 2.45) is 10.9 Å². The minimum absolute atomic E-state index is 0.368. The van der Waals surface area contributed by atoms with E-state index in [0.29, 0.717) is 11.9 Å². The van der Waals surface area contributed by atoms with Crippen LogP contribution in [-0.4, -0.2) is 46.8 Å². The predicted molar refractivity (Wildman–Crippen MR) is 117 cm³/mol. The summed E-state index contributed by atoms with van der Waals surface area (Å²) in [5.41, 5.74) is 5.65. The predicted octanol–water partition coefficient (Wildman–Crippen LogP) is 3.14. The topological polar surface area (TPSA) is 78.3 Å². The van der Waals surface area contributed by atoms with Crippen LogP contribution < -0.4 is 15.5 Å². The molecule has 3 aromatic rings. The summed E-state index contributed by atoms with van der Waals surface area (Å²) < 4.78 is 0. The summed E-state index contributed by atoms with van der Waals surface area (Å²) in [6.07, 6.45) is 3.78. The van der Waals surface area contributed by atoms with E-state index in [9.17, 15) is 0 Å². The van der Waals surface area contributed by atoms with E-state index in [-0.39, 0.29) is 0 Å². The largest absolute Gasteiger partial charge is 0.368 e. The van der Waals surface area contributed by atoms with Crippen LogP contribution in [0.25, 0.3) is 10.9 Å². The summed E-state index contributed by atoms with van der Waals surface area (Å²) in [7, 11) is 0. The third kappa shape index (κ3) is 3.42. The highest BCUT2D eigenvalue weighted by Crippen LogP contribution is 2.30. The van der Waals surface area contributed by atoms with E-state index in [1.54, 1.807) is 0 Å². The van der Waals surface area contributed by atoms with Gasteiger partial charge in [0.25, 0.3) is 0 Å². The number of aliphatic imine (C=N–C) groups is 1. The van der Waals surface area contributed by atoms with Gasteiger partial charge in [-0.15, -0.1) is 0 Å². The number of nitrogens with zero attached hydrogens (tertiary/aromatic N) is 5. The van der Waals surface area contributed by atoms with E-state index in [4.69, 9.17) is 9.98 Å². The maximum absolute atomic E-state index is 4.83. The second-order valence-corrected chi connectivity index (χ2v) is 7.85. The molecule has 0 atom stereocenters. The minimum atomic E-state index is 0.368. The number of rotatable bonds is 4. The molecule has 7 nitrogen and oxygen atoms in total. The van der Waals surface area contributed by atoms with E-state index in [1.807, 2.05) is 18.5 Å². The maximum Gasteiger partial charge on any atom is 0.228 e. The van der Waals surface area contributed by atoms with Crippen molar-refractivity contribution in [2.75, 3.05) is 36.4 Å².